The fourth-order valence-electron chi connectivity index (χ4n) is 2.97. The van der Waals surface area contributed by atoms with E-state index in [1.807, 2.05) is 11.3 Å². The number of rotatable bonds is 5. The van der Waals surface area contributed by atoms with Gasteiger partial charge in [0, 0.05) is 4.88 Å². The van der Waals surface area contributed by atoms with Crippen molar-refractivity contribution in [3.05, 3.63) is 22.4 Å². The second-order valence-electron chi connectivity index (χ2n) is 5.54. The van der Waals surface area contributed by atoms with E-state index < -0.39 is 0 Å². The van der Waals surface area contributed by atoms with Crippen LogP contribution in [0, 0.1) is 5.92 Å². The minimum absolute atomic E-state index is 0.367. The van der Waals surface area contributed by atoms with E-state index in [2.05, 4.69) is 24.4 Å². The SMILES string of the molecule is CCCC1CCC(O)(CCc2cccs2)CC1. The summed E-state index contributed by atoms with van der Waals surface area (Å²) < 4.78 is 0. The molecule has 1 fully saturated rings. The standard InChI is InChI=1S/C15H24OS/c1-2-4-13-6-9-15(16,10-7-13)11-8-14-5-3-12-17-14/h3,5,12-13,16H,2,4,6-11H2,1H3. The van der Waals surface area contributed by atoms with E-state index in [1.54, 1.807) is 0 Å². The third-order valence-electron chi connectivity index (χ3n) is 4.15. The van der Waals surface area contributed by atoms with Gasteiger partial charge in [0.1, 0.15) is 0 Å². The first kappa shape index (κ1) is 13.1. The summed E-state index contributed by atoms with van der Waals surface area (Å²) in [5, 5.41) is 12.7. The lowest BCUT2D eigenvalue weighted by atomic mass is 9.75. The molecular formula is C15H24OS. The molecule has 96 valence electrons. The maximum Gasteiger partial charge on any atom is 0.0651 e. The zero-order valence-electron chi connectivity index (χ0n) is 10.8. The van der Waals surface area contributed by atoms with Crippen molar-refractivity contribution in [3.8, 4) is 0 Å². The molecule has 2 rings (SSSR count). The molecule has 1 heterocycles. The fraction of sp³-hybridized carbons (Fsp3) is 0.733. The molecule has 1 nitrogen and oxygen atoms in total. The highest BCUT2D eigenvalue weighted by Crippen LogP contribution is 2.37. The van der Waals surface area contributed by atoms with Crippen LogP contribution in [0.2, 0.25) is 0 Å². The molecule has 1 aliphatic rings. The number of hydrogen-bond donors (Lipinski definition) is 1. The van der Waals surface area contributed by atoms with Crippen molar-refractivity contribution in [1.29, 1.82) is 0 Å². The van der Waals surface area contributed by atoms with E-state index in [-0.39, 0.29) is 5.60 Å². The molecule has 0 unspecified atom stereocenters. The first-order valence-electron chi connectivity index (χ1n) is 6.96. The summed E-state index contributed by atoms with van der Waals surface area (Å²) in [5.41, 5.74) is -0.367. The summed E-state index contributed by atoms with van der Waals surface area (Å²) >= 11 is 1.81. The van der Waals surface area contributed by atoms with Crippen molar-refractivity contribution < 1.29 is 5.11 Å². The summed E-state index contributed by atoms with van der Waals surface area (Å²) in [6, 6.07) is 4.28. The summed E-state index contributed by atoms with van der Waals surface area (Å²) in [5.74, 6) is 0.877. The van der Waals surface area contributed by atoms with Crippen molar-refractivity contribution in [2.45, 2.75) is 63.9 Å². The van der Waals surface area contributed by atoms with Crippen molar-refractivity contribution in [2.24, 2.45) is 5.92 Å². The van der Waals surface area contributed by atoms with Crippen molar-refractivity contribution in [1.82, 2.24) is 0 Å². The first-order valence-corrected chi connectivity index (χ1v) is 7.84. The van der Waals surface area contributed by atoms with Gasteiger partial charge in [0.25, 0.3) is 0 Å². The minimum Gasteiger partial charge on any atom is -0.390 e. The molecule has 1 aromatic rings. The molecule has 1 N–H and O–H groups in total. The van der Waals surface area contributed by atoms with Crippen molar-refractivity contribution in [3.63, 3.8) is 0 Å². The van der Waals surface area contributed by atoms with Gasteiger partial charge in [-0.2, -0.15) is 0 Å². The third kappa shape index (κ3) is 3.82. The number of aryl methyl sites for hydroxylation is 1. The monoisotopic (exact) mass is 252 g/mol. The molecule has 0 saturated heterocycles. The highest BCUT2D eigenvalue weighted by molar-refractivity contribution is 7.09. The topological polar surface area (TPSA) is 20.2 Å². The van der Waals surface area contributed by atoms with E-state index in [9.17, 15) is 5.11 Å². The Kier molecular flexibility index (Phi) is 4.63. The van der Waals surface area contributed by atoms with Crippen LogP contribution in [0.1, 0.15) is 56.7 Å². The maximum absolute atomic E-state index is 10.6. The molecular weight excluding hydrogens is 228 g/mol. The number of thiophene rings is 1. The molecule has 1 aromatic heterocycles. The number of aliphatic hydroxyl groups is 1. The Morgan fingerprint density at radius 2 is 2.18 bits per heavy atom. The average Bonchev–Trinajstić information content (AvgIpc) is 2.84. The molecule has 0 atom stereocenters. The average molecular weight is 252 g/mol. The van der Waals surface area contributed by atoms with Crippen LogP contribution in [0.15, 0.2) is 17.5 Å². The van der Waals surface area contributed by atoms with Gasteiger partial charge in [0.15, 0.2) is 0 Å². The molecule has 17 heavy (non-hydrogen) atoms. The van der Waals surface area contributed by atoms with Crippen molar-refractivity contribution >= 4 is 11.3 Å². The van der Waals surface area contributed by atoms with Crippen LogP contribution in [0.5, 0.6) is 0 Å². The van der Waals surface area contributed by atoms with Crippen LogP contribution in [0.25, 0.3) is 0 Å². The van der Waals surface area contributed by atoms with Gasteiger partial charge < -0.3 is 5.11 Å². The van der Waals surface area contributed by atoms with E-state index >= 15 is 0 Å². The Morgan fingerprint density at radius 1 is 1.41 bits per heavy atom. The third-order valence-corrected chi connectivity index (χ3v) is 5.09. The second kappa shape index (κ2) is 6.01. The lowest BCUT2D eigenvalue weighted by Gasteiger charge is -2.36. The highest BCUT2D eigenvalue weighted by Gasteiger charge is 2.32. The van der Waals surface area contributed by atoms with Gasteiger partial charge in [0.05, 0.1) is 5.60 Å². The molecule has 1 saturated carbocycles. The van der Waals surface area contributed by atoms with Crippen LogP contribution in [0.3, 0.4) is 0 Å². The van der Waals surface area contributed by atoms with Crippen LogP contribution in [-0.4, -0.2) is 10.7 Å². The van der Waals surface area contributed by atoms with Gasteiger partial charge in [-0.1, -0.05) is 25.8 Å². The molecule has 0 aliphatic heterocycles. The van der Waals surface area contributed by atoms with Gasteiger partial charge in [-0.25, -0.2) is 0 Å². The Hall–Kier alpha value is -0.340. The van der Waals surface area contributed by atoms with E-state index in [0.717, 1.165) is 31.6 Å². The van der Waals surface area contributed by atoms with Crippen LogP contribution in [0.4, 0.5) is 0 Å². The van der Waals surface area contributed by atoms with E-state index in [4.69, 9.17) is 0 Å². The Labute approximate surface area is 109 Å². The summed E-state index contributed by atoms with van der Waals surface area (Å²) in [7, 11) is 0. The minimum atomic E-state index is -0.367. The predicted molar refractivity (Wildman–Crippen MR) is 74.5 cm³/mol. The lowest BCUT2D eigenvalue weighted by Crippen LogP contribution is -2.34. The van der Waals surface area contributed by atoms with E-state index in [1.165, 1.54) is 30.6 Å². The molecule has 0 aromatic carbocycles. The maximum atomic E-state index is 10.6. The number of hydrogen-bond acceptors (Lipinski definition) is 2. The lowest BCUT2D eigenvalue weighted by molar-refractivity contribution is -0.0170. The molecule has 2 heteroatoms. The quantitative estimate of drug-likeness (QED) is 0.823. The van der Waals surface area contributed by atoms with Crippen LogP contribution >= 0.6 is 11.3 Å². The zero-order chi connectivity index (χ0) is 12.1. The van der Waals surface area contributed by atoms with Crippen LogP contribution in [-0.2, 0) is 6.42 Å². The van der Waals surface area contributed by atoms with Gasteiger partial charge in [-0.3, -0.25) is 0 Å². The Morgan fingerprint density at radius 3 is 2.76 bits per heavy atom. The first-order chi connectivity index (χ1) is 8.22. The van der Waals surface area contributed by atoms with Gasteiger partial charge >= 0.3 is 0 Å². The molecule has 0 radical (unpaired) electrons. The Balaban J connectivity index is 1.77. The zero-order valence-corrected chi connectivity index (χ0v) is 11.6. The second-order valence-corrected chi connectivity index (χ2v) is 6.57. The van der Waals surface area contributed by atoms with E-state index in [0.29, 0.717) is 0 Å². The van der Waals surface area contributed by atoms with Crippen LogP contribution < -0.4 is 0 Å². The molecule has 0 bridgehead atoms. The molecule has 0 amide bonds. The normalized spacial score (nSPS) is 29.4. The smallest absolute Gasteiger partial charge is 0.0651 e. The predicted octanol–water partition coefficient (Wildman–Crippen LogP) is 4.40. The summed E-state index contributed by atoms with van der Waals surface area (Å²) in [6.07, 6.45) is 9.13. The Bertz CT molecular complexity index is 310. The summed E-state index contributed by atoms with van der Waals surface area (Å²) in [4.78, 5) is 1.41. The van der Waals surface area contributed by atoms with Gasteiger partial charge in [0.2, 0.25) is 0 Å². The van der Waals surface area contributed by atoms with Gasteiger partial charge in [-0.05, 0) is 55.9 Å². The van der Waals surface area contributed by atoms with Crippen molar-refractivity contribution in [2.75, 3.05) is 0 Å². The largest absolute Gasteiger partial charge is 0.390 e. The van der Waals surface area contributed by atoms with Gasteiger partial charge in [-0.15, -0.1) is 11.3 Å². The summed E-state index contributed by atoms with van der Waals surface area (Å²) in [6.45, 7) is 2.26. The fourth-order valence-corrected chi connectivity index (χ4v) is 3.68. The molecule has 0 spiro atoms. The highest BCUT2D eigenvalue weighted by atomic mass is 32.1. The molecule has 1 aliphatic carbocycles.